The van der Waals surface area contributed by atoms with Gasteiger partial charge < -0.3 is 15.5 Å². The first-order chi connectivity index (χ1) is 9.92. The molecule has 5 nitrogen and oxygen atoms in total. The minimum absolute atomic E-state index is 0.102. The zero-order valence-corrected chi connectivity index (χ0v) is 12.5. The van der Waals surface area contributed by atoms with Crippen molar-refractivity contribution in [1.29, 1.82) is 0 Å². The molecular formula is C16H20N2O3. The van der Waals surface area contributed by atoms with Crippen LogP contribution in [0, 0.1) is 12.8 Å². The van der Waals surface area contributed by atoms with Gasteiger partial charge in [-0.15, -0.1) is 0 Å². The molecule has 0 bridgehead atoms. The van der Waals surface area contributed by atoms with Crippen molar-refractivity contribution in [3.63, 3.8) is 0 Å². The fourth-order valence-electron chi connectivity index (χ4n) is 2.14. The highest BCUT2D eigenvalue weighted by atomic mass is 16.4. The van der Waals surface area contributed by atoms with E-state index in [1.165, 1.54) is 6.07 Å². The standard InChI is InChI=1S/C16H20N2O3/c1-4-9(2)15(17)16(20)18-11-5-6-12-10(3)7-14(19)21-13(12)8-11/h5-9,15H,4,17H2,1-3H3,(H,18,20)/t9-,15-/m1/s1. The predicted molar refractivity (Wildman–Crippen MR) is 83.3 cm³/mol. The molecule has 2 rings (SSSR count). The van der Waals surface area contributed by atoms with Crippen molar-refractivity contribution >= 4 is 22.6 Å². The minimum atomic E-state index is -0.560. The number of aryl methyl sites for hydroxylation is 1. The number of amides is 1. The number of benzene rings is 1. The van der Waals surface area contributed by atoms with Crippen molar-refractivity contribution in [2.45, 2.75) is 33.2 Å². The summed E-state index contributed by atoms with van der Waals surface area (Å²) in [6, 6.07) is 6.12. The van der Waals surface area contributed by atoms with E-state index in [0.717, 1.165) is 17.4 Å². The molecule has 0 spiro atoms. The molecule has 5 heteroatoms. The SMILES string of the molecule is CC[C@@H](C)[C@@H](N)C(=O)Nc1ccc2c(C)cc(=O)oc2c1. The average molecular weight is 288 g/mol. The Kier molecular flexibility index (Phi) is 4.43. The normalized spacial score (nSPS) is 13.9. The Morgan fingerprint density at radius 3 is 2.76 bits per heavy atom. The Morgan fingerprint density at radius 1 is 1.38 bits per heavy atom. The monoisotopic (exact) mass is 288 g/mol. The van der Waals surface area contributed by atoms with Gasteiger partial charge >= 0.3 is 5.63 Å². The zero-order chi connectivity index (χ0) is 15.6. The Balaban J connectivity index is 2.28. The van der Waals surface area contributed by atoms with Crippen molar-refractivity contribution in [3.05, 3.63) is 40.2 Å². The van der Waals surface area contributed by atoms with E-state index in [-0.39, 0.29) is 11.8 Å². The molecule has 1 heterocycles. The zero-order valence-electron chi connectivity index (χ0n) is 12.5. The summed E-state index contributed by atoms with van der Waals surface area (Å²) in [5.41, 5.74) is 7.36. The fourth-order valence-corrected chi connectivity index (χ4v) is 2.14. The summed E-state index contributed by atoms with van der Waals surface area (Å²) in [6.07, 6.45) is 0.834. The van der Waals surface area contributed by atoms with Crippen LogP contribution in [-0.2, 0) is 4.79 Å². The average Bonchev–Trinajstić information content (AvgIpc) is 2.44. The first kappa shape index (κ1) is 15.3. The molecule has 3 N–H and O–H groups in total. The molecule has 1 amide bonds. The molecule has 0 aliphatic carbocycles. The number of anilines is 1. The minimum Gasteiger partial charge on any atom is -0.423 e. The molecule has 2 atom stereocenters. The maximum Gasteiger partial charge on any atom is 0.336 e. The number of fused-ring (bicyclic) bond motifs is 1. The summed E-state index contributed by atoms with van der Waals surface area (Å²) in [5, 5.41) is 3.61. The second kappa shape index (κ2) is 6.10. The van der Waals surface area contributed by atoms with Crippen molar-refractivity contribution in [2.75, 3.05) is 5.32 Å². The number of nitrogens with two attached hydrogens (primary N) is 1. The molecule has 0 radical (unpaired) electrons. The third-order valence-corrected chi connectivity index (χ3v) is 3.78. The van der Waals surface area contributed by atoms with Gasteiger partial charge in [-0.2, -0.15) is 0 Å². The molecule has 0 aliphatic rings. The van der Waals surface area contributed by atoms with E-state index < -0.39 is 11.7 Å². The lowest BCUT2D eigenvalue weighted by Gasteiger charge is -2.17. The van der Waals surface area contributed by atoms with Gasteiger partial charge in [0.05, 0.1) is 6.04 Å². The van der Waals surface area contributed by atoms with Gasteiger partial charge in [0.2, 0.25) is 5.91 Å². The summed E-state index contributed by atoms with van der Waals surface area (Å²) < 4.78 is 5.16. The van der Waals surface area contributed by atoms with E-state index in [1.807, 2.05) is 26.8 Å². The van der Waals surface area contributed by atoms with Gasteiger partial charge in [0.15, 0.2) is 0 Å². The van der Waals surface area contributed by atoms with Gasteiger partial charge in [0, 0.05) is 23.2 Å². The fraction of sp³-hybridized carbons (Fsp3) is 0.375. The van der Waals surface area contributed by atoms with Gasteiger partial charge in [-0.05, 0) is 30.5 Å². The van der Waals surface area contributed by atoms with E-state index >= 15 is 0 Å². The molecule has 0 fully saturated rings. The Hall–Kier alpha value is -2.14. The van der Waals surface area contributed by atoms with Crippen LogP contribution in [0.1, 0.15) is 25.8 Å². The van der Waals surface area contributed by atoms with E-state index in [2.05, 4.69) is 5.32 Å². The molecule has 0 saturated heterocycles. The number of carbonyl (C=O) groups excluding carboxylic acids is 1. The largest absolute Gasteiger partial charge is 0.423 e. The van der Waals surface area contributed by atoms with Crippen LogP contribution >= 0.6 is 0 Å². The highest BCUT2D eigenvalue weighted by Crippen LogP contribution is 2.21. The van der Waals surface area contributed by atoms with Crippen LogP contribution in [0.5, 0.6) is 0 Å². The molecule has 1 aromatic carbocycles. The van der Waals surface area contributed by atoms with E-state index in [9.17, 15) is 9.59 Å². The van der Waals surface area contributed by atoms with Crippen molar-refractivity contribution < 1.29 is 9.21 Å². The second-order valence-electron chi connectivity index (χ2n) is 5.36. The van der Waals surface area contributed by atoms with E-state index in [4.69, 9.17) is 10.2 Å². The number of carbonyl (C=O) groups is 1. The van der Waals surface area contributed by atoms with Gasteiger partial charge in [0.25, 0.3) is 0 Å². The number of hydrogen-bond acceptors (Lipinski definition) is 4. The lowest BCUT2D eigenvalue weighted by molar-refractivity contribution is -0.118. The predicted octanol–water partition coefficient (Wildman–Crippen LogP) is 2.41. The van der Waals surface area contributed by atoms with Gasteiger partial charge in [0.1, 0.15) is 5.58 Å². The Bertz CT molecular complexity index is 721. The maximum absolute atomic E-state index is 12.1. The van der Waals surface area contributed by atoms with Crippen molar-refractivity contribution in [1.82, 2.24) is 0 Å². The maximum atomic E-state index is 12.1. The third-order valence-electron chi connectivity index (χ3n) is 3.78. The smallest absolute Gasteiger partial charge is 0.336 e. The summed E-state index contributed by atoms with van der Waals surface area (Å²) in [6.45, 7) is 5.77. The molecule has 21 heavy (non-hydrogen) atoms. The van der Waals surface area contributed by atoms with Gasteiger partial charge in [-0.25, -0.2) is 4.79 Å². The summed E-state index contributed by atoms with van der Waals surface area (Å²) >= 11 is 0. The highest BCUT2D eigenvalue weighted by molar-refractivity contribution is 5.96. The second-order valence-corrected chi connectivity index (χ2v) is 5.36. The highest BCUT2D eigenvalue weighted by Gasteiger charge is 2.19. The third kappa shape index (κ3) is 3.31. The first-order valence-corrected chi connectivity index (χ1v) is 7.03. The molecule has 0 unspecified atom stereocenters. The van der Waals surface area contributed by atoms with Crippen molar-refractivity contribution in [2.24, 2.45) is 11.7 Å². The Morgan fingerprint density at radius 2 is 2.10 bits per heavy atom. The van der Waals surface area contributed by atoms with Crippen LogP contribution in [0.4, 0.5) is 5.69 Å². The molecular weight excluding hydrogens is 268 g/mol. The van der Waals surface area contributed by atoms with Crippen LogP contribution in [0.2, 0.25) is 0 Å². The first-order valence-electron chi connectivity index (χ1n) is 7.03. The van der Waals surface area contributed by atoms with Gasteiger partial charge in [-0.3, -0.25) is 4.79 Å². The van der Waals surface area contributed by atoms with Gasteiger partial charge in [-0.1, -0.05) is 20.3 Å². The van der Waals surface area contributed by atoms with Crippen LogP contribution in [-0.4, -0.2) is 11.9 Å². The lowest BCUT2D eigenvalue weighted by atomic mass is 9.99. The molecule has 0 aliphatic heterocycles. The van der Waals surface area contributed by atoms with Crippen LogP contribution < -0.4 is 16.7 Å². The quantitative estimate of drug-likeness (QED) is 0.846. The summed E-state index contributed by atoms with van der Waals surface area (Å²) in [7, 11) is 0. The Labute approximate surface area is 123 Å². The van der Waals surface area contributed by atoms with Crippen LogP contribution in [0.3, 0.4) is 0 Å². The lowest BCUT2D eigenvalue weighted by Crippen LogP contribution is -2.40. The number of rotatable bonds is 4. The molecule has 112 valence electrons. The topological polar surface area (TPSA) is 85.3 Å². The van der Waals surface area contributed by atoms with Crippen LogP contribution in [0.25, 0.3) is 11.0 Å². The van der Waals surface area contributed by atoms with E-state index in [0.29, 0.717) is 11.3 Å². The molecule has 1 aromatic heterocycles. The molecule has 2 aromatic rings. The number of hydrogen-bond donors (Lipinski definition) is 2. The van der Waals surface area contributed by atoms with Crippen molar-refractivity contribution in [3.8, 4) is 0 Å². The summed E-state index contributed by atoms with van der Waals surface area (Å²) in [5.74, 6) is -0.135. The van der Waals surface area contributed by atoms with E-state index in [1.54, 1.807) is 12.1 Å². The number of nitrogens with one attached hydrogen (secondary N) is 1. The van der Waals surface area contributed by atoms with Crippen LogP contribution in [0.15, 0.2) is 33.5 Å². The summed E-state index contributed by atoms with van der Waals surface area (Å²) in [4.78, 5) is 23.5. The molecule has 0 saturated carbocycles.